The Hall–Kier alpha value is -1.75. The molecular formula is C16H18FN3O. The van der Waals surface area contributed by atoms with E-state index in [4.69, 9.17) is 4.74 Å². The van der Waals surface area contributed by atoms with E-state index >= 15 is 0 Å². The molecule has 0 spiro atoms. The zero-order valence-corrected chi connectivity index (χ0v) is 11.8. The topological polar surface area (TPSA) is 39.9 Å². The second-order valence-corrected chi connectivity index (χ2v) is 5.94. The van der Waals surface area contributed by atoms with Crippen molar-refractivity contribution < 1.29 is 9.13 Å². The van der Waals surface area contributed by atoms with Crippen LogP contribution >= 0.6 is 0 Å². The summed E-state index contributed by atoms with van der Waals surface area (Å²) in [7, 11) is 0. The molecule has 21 heavy (non-hydrogen) atoms. The van der Waals surface area contributed by atoms with E-state index < -0.39 is 5.67 Å². The third-order valence-electron chi connectivity index (χ3n) is 4.69. The maximum atomic E-state index is 14.8. The monoisotopic (exact) mass is 287 g/mol. The number of aromatic nitrogens is 3. The Morgan fingerprint density at radius 2 is 2.24 bits per heavy atom. The Bertz CT molecular complexity index is 648. The van der Waals surface area contributed by atoms with Crippen molar-refractivity contribution in [2.45, 2.75) is 37.4 Å². The van der Waals surface area contributed by atoms with Crippen molar-refractivity contribution in [3.8, 4) is 11.3 Å². The van der Waals surface area contributed by atoms with Crippen LogP contribution in [-0.4, -0.2) is 33.4 Å². The summed E-state index contributed by atoms with van der Waals surface area (Å²) in [6.07, 6.45) is 7.82. The van der Waals surface area contributed by atoms with Crippen LogP contribution in [0.5, 0.6) is 0 Å². The maximum absolute atomic E-state index is 14.8. The fourth-order valence-corrected chi connectivity index (χ4v) is 3.45. The summed E-state index contributed by atoms with van der Waals surface area (Å²) in [6, 6.07) is 4.11. The highest BCUT2D eigenvalue weighted by Crippen LogP contribution is 2.42. The van der Waals surface area contributed by atoms with Crippen molar-refractivity contribution in [3.05, 3.63) is 36.5 Å². The van der Waals surface area contributed by atoms with Crippen LogP contribution in [0.2, 0.25) is 0 Å². The average molecular weight is 287 g/mol. The van der Waals surface area contributed by atoms with Crippen LogP contribution in [0.15, 0.2) is 30.9 Å². The van der Waals surface area contributed by atoms with Crippen LogP contribution in [0, 0.1) is 0 Å². The normalized spacial score (nSPS) is 22.8. The third-order valence-corrected chi connectivity index (χ3v) is 4.69. The molecule has 0 N–H and O–H groups in total. The van der Waals surface area contributed by atoms with Gasteiger partial charge in [-0.15, -0.1) is 0 Å². The predicted molar refractivity (Wildman–Crippen MR) is 76.7 cm³/mol. The number of alkyl halides is 1. The molecule has 4 nitrogen and oxygen atoms in total. The van der Waals surface area contributed by atoms with E-state index in [9.17, 15) is 4.39 Å². The van der Waals surface area contributed by atoms with Gasteiger partial charge >= 0.3 is 0 Å². The molecule has 1 fully saturated rings. The van der Waals surface area contributed by atoms with Crippen LogP contribution in [0.1, 0.15) is 37.4 Å². The molecule has 4 heterocycles. The average Bonchev–Trinajstić information content (AvgIpc) is 3.07. The highest BCUT2D eigenvalue weighted by Gasteiger charge is 2.36. The summed E-state index contributed by atoms with van der Waals surface area (Å²) in [4.78, 5) is 8.74. The number of nitrogens with zero attached hydrogens (tertiary/aromatic N) is 3. The summed E-state index contributed by atoms with van der Waals surface area (Å²) < 4.78 is 22.2. The lowest BCUT2D eigenvalue weighted by atomic mass is 9.89. The molecule has 2 aliphatic heterocycles. The molecule has 1 saturated heterocycles. The van der Waals surface area contributed by atoms with E-state index in [0.29, 0.717) is 32.5 Å². The van der Waals surface area contributed by atoms with E-state index in [1.54, 1.807) is 0 Å². The summed E-state index contributed by atoms with van der Waals surface area (Å²) in [5, 5.41) is 0. The van der Waals surface area contributed by atoms with Crippen molar-refractivity contribution in [1.82, 2.24) is 14.5 Å². The Morgan fingerprint density at radius 3 is 3.10 bits per heavy atom. The number of ether oxygens (including phenoxy) is 1. The number of halogens is 1. The van der Waals surface area contributed by atoms with Gasteiger partial charge in [0, 0.05) is 37.8 Å². The molecule has 0 saturated carbocycles. The molecule has 5 heteroatoms. The molecule has 2 aromatic heterocycles. The van der Waals surface area contributed by atoms with Gasteiger partial charge in [0.2, 0.25) is 0 Å². The predicted octanol–water partition coefficient (Wildman–Crippen LogP) is 3.15. The number of hydrogen-bond donors (Lipinski definition) is 0. The molecule has 110 valence electrons. The molecule has 1 atom stereocenters. The number of pyridine rings is 1. The summed E-state index contributed by atoms with van der Waals surface area (Å²) in [5.74, 6) is 0. The first-order valence-corrected chi connectivity index (χ1v) is 7.51. The molecule has 2 aliphatic rings. The zero-order valence-electron chi connectivity index (χ0n) is 11.8. The Labute approximate surface area is 123 Å². The number of imidazole rings is 1. The minimum atomic E-state index is -1.09. The van der Waals surface area contributed by atoms with Crippen molar-refractivity contribution in [1.29, 1.82) is 0 Å². The molecule has 2 aromatic rings. The minimum Gasteiger partial charge on any atom is -0.381 e. The highest BCUT2D eigenvalue weighted by molar-refractivity contribution is 5.66. The molecule has 4 rings (SSSR count). The first-order chi connectivity index (χ1) is 10.3. The van der Waals surface area contributed by atoms with E-state index in [2.05, 4.69) is 20.6 Å². The first kappa shape index (κ1) is 13.0. The van der Waals surface area contributed by atoms with Crippen LogP contribution in [0.3, 0.4) is 0 Å². The van der Waals surface area contributed by atoms with E-state index in [0.717, 1.165) is 23.4 Å². The largest absolute Gasteiger partial charge is 0.381 e. The summed E-state index contributed by atoms with van der Waals surface area (Å²) in [5.41, 5.74) is 2.17. The van der Waals surface area contributed by atoms with Gasteiger partial charge in [-0.25, -0.2) is 9.37 Å². The van der Waals surface area contributed by atoms with Crippen LogP contribution in [-0.2, 0) is 4.74 Å². The quantitative estimate of drug-likeness (QED) is 0.870. The van der Waals surface area contributed by atoms with Gasteiger partial charge in [0.05, 0.1) is 30.0 Å². The van der Waals surface area contributed by atoms with Crippen molar-refractivity contribution in [2.75, 3.05) is 13.2 Å². The molecule has 0 aromatic carbocycles. The number of fused-ring (bicyclic) bond motifs is 3. The fraction of sp³-hybridized carbons (Fsp3) is 0.500. The van der Waals surface area contributed by atoms with Gasteiger partial charge in [-0.05, 0) is 25.0 Å². The lowest BCUT2D eigenvalue weighted by Crippen LogP contribution is -2.32. The SMILES string of the molecule is FC1(CCC2c3ncccc3-c3cncn32)CCOCC1. The second-order valence-electron chi connectivity index (χ2n) is 5.94. The van der Waals surface area contributed by atoms with Gasteiger partial charge in [-0.1, -0.05) is 0 Å². The molecule has 0 bridgehead atoms. The summed E-state index contributed by atoms with van der Waals surface area (Å²) in [6.45, 7) is 1.07. The van der Waals surface area contributed by atoms with Gasteiger partial charge in [-0.3, -0.25) is 4.98 Å². The maximum Gasteiger partial charge on any atom is 0.115 e. The lowest BCUT2D eigenvalue weighted by Gasteiger charge is -2.30. The molecule has 0 radical (unpaired) electrons. The molecule has 0 aliphatic carbocycles. The zero-order chi connectivity index (χ0) is 14.3. The van der Waals surface area contributed by atoms with E-state index in [1.807, 2.05) is 24.8 Å². The minimum absolute atomic E-state index is 0.106. The Morgan fingerprint density at radius 1 is 1.38 bits per heavy atom. The standard InChI is InChI=1S/C16H18FN3O/c17-16(5-8-21-9-6-16)4-3-13-15-12(2-1-7-19-15)14-10-18-11-20(13)14/h1-2,7,10-11,13H,3-6,8-9H2. The number of hydrogen-bond acceptors (Lipinski definition) is 3. The summed E-state index contributed by atoms with van der Waals surface area (Å²) >= 11 is 0. The fourth-order valence-electron chi connectivity index (χ4n) is 3.45. The second kappa shape index (κ2) is 4.91. The van der Waals surface area contributed by atoms with Gasteiger partial charge in [0.15, 0.2) is 0 Å². The highest BCUT2D eigenvalue weighted by atomic mass is 19.1. The third kappa shape index (κ3) is 2.16. The van der Waals surface area contributed by atoms with Gasteiger partial charge in [-0.2, -0.15) is 0 Å². The Kier molecular flexibility index (Phi) is 3.03. The molecule has 0 amide bonds. The van der Waals surface area contributed by atoms with E-state index in [-0.39, 0.29) is 6.04 Å². The van der Waals surface area contributed by atoms with Crippen LogP contribution in [0.25, 0.3) is 11.3 Å². The molecular weight excluding hydrogens is 269 g/mol. The first-order valence-electron chi connectivity index (χ1n) is 7.51. The van der Waals surface area contributed by atoms with Crippen LogP contribution in [0.4, 0.5) is 4.39 Å². The van der Waals surface area contributed by atoms with Crippen molar-refractivity contribution in [3.63, 3.8) is 0 Å². The lowest BCUT2D eigenvalue weighted by molar-refractivity contribution is -0.0152. The van der Waals surface area contributed by atoms with Crippen molar-refractivity contribution >= 4 is 0 Å². The van der Waals surface area contributed by atoms with E-state index in [1.165, 1.54) is 0 Å². The van der Waals surface area contributed by atoms with Gasteiger partial charge in [0.1, 0.15) is 5.67 Å². The van der Waals surface area contributed by atoms with Crippen LogP contribution < -0.4 is 0 Å². The smallest absolute Gasteiger partial charge is 0.115 e. The van der Waals surface area contributed by atoms with Gasteiger partial charge < -0.3 is 9.30 Å². The van der Waals surface area contributed by atoms with Crippen molar-refractivity contribution in [2.24, 2.45) is 0 Å². The van der Waals surface area contributed by atoms with Gasteiger partial charge in [0.25, 0.3) is 0 Å². The number of rotatable bonds is 3. The Balaban J connectivity index is 1.58. The molecule has 1 unspecified atom stereocenters.